The maximum absolute atomic E-state index is 12.3. The fraction of sp³-hybridized carbons (Fsp3) is 0.643. The highest BCUT2D eigenvalue weighted by molar-refractivity contribution is 7.89. The molecule has 2 N–H and O–H groups in total. The lowest BCUT2D eigenvalue weighted by molar-refractivity contribution is 0.0598. The van der Waals surface area contributed by atoms with Gasteiger partial charge in [0.15, 0.2) is 0 Å². The van der Waals surface area contributed by atoms with E-state index >= 15 is 0 Å². The minimum atomic E-state index is -3.79. The van der Waals surface area contributed by atoms with E-state index in [1.807, 2.05) is 0 Å². The van der Waals surface area contributed by atoms with Crippen LogP contribution in [-0.4, -0.2) is 41.1 Å². The van der Waals surface area contributed by atoms with Gasteiger partial charge in [0.2, 0.25) is 5.09 Å². The van der Waals surface area contributed by atoms with E-state index in [9.17, 15) is 13.2 Å². The number of ether oxygens (including phenoxy) is 1. The Hall–Kier alpha value is -1.09. The number of hydrogen-bond acceptors (Lipinski definition) is 6. The van der Waals surface area contributed by atoms with Gasteiger partial charge in [0.1, 0.15) is 11.3 Å². The second kappa shape index (κ2) is 7.65. The van der Waals surface area contributed by atoms with Gasteiger partial charge in [-0.15, -0.1) is 12.4 Å². The van der Waals surface area contributed by atoms with Crippen LogP contribution in [0.15, 0.2) is 15.6 Å². The van der Waals surface area contributed by atoms with Crippen LogP contribution in [0.5, 0.6) is 0 Å². The molecule has 0 spiro atoms. The predicted molar refractivity (Wildman–Crippen MR) is 87.4 cm³/mol. The molecule has 0 radical (unpaired) electrons. The van der Waals surface area contributed by atoms with Crippen molar-refractivity contribution in [3.8, 4) is 0 Å². The van der Waals surface area contributed by atoms with E-state index in [0.29, 0.717) is 6.54 Å². The Balaban J connectivity index is 0.00000264. The number of rotatable bonds is 5. The van der Waals surface area contributed by atoms with Crippen molar-refractivity contribution in [3.63, 3.8) is 0 Å². The van der Waals surface area contributed by atoms with Gasteiger partial charge >= 0.3 is 5.97 Å². The number of furan rings is 1. The molecule has 0 unspecified atom stereocenters. The molecule has 2 rings (SSSR count). The first-order chi connectivity index (χ1) is 10.3. The van der Waals surface area contributed by atoms with Gasteiger partial charge < -0.3 is 14.5 Å². The van der Waals surface area contributed by atoms with Crippen molar-refractivity contribution >= 4 is 28.4 Å². The second-order valence-corrected chi connectivity index (χ2v) is 7.61. The van der Waals surface area contributed by atoms with Gasteiger partial charge in [-0.05, 0) is 38.3 Å². The lowest BCUT2D eigenvalue weighted by Gasteiger charge is -2.33. The third-order valence-corrected chi connectivity index (χ3v) is 5.32. The minimum Gasteiger partial charge on any atom is -0.465 e. The summed E-state index contributed by atoms with van der Waals surface area (Å²) in [5, 5.41) is 2.99. The molecule has 23 heavy (non-hydrogen) atoms. The van der Waals surface area contributed by atoms with Crippen molar-refractivity contribution < 1.29 is 22.4 Å². The van der Waals surface area contributed by atoms with Crippen molar-refractivity contribution in [1.29, 1.82) is 0 Å². The number of nitrogens with one attached hydrogen (secondary N) is 2. The Morgan fingerprint density at radius 1 is 1.43 bits per heavy atom. The van der Waals surface area contributed by atoms with E-state index in [4.69, 9.17) is 4.42 Å². The third-order valence-electron chi connectivity index (χ3n) is 4.06. The van der Waals surface area contributed by atoms with Crippen LogP contribution in [0.25, 0.3) is 0 Å². The summed E-state index contributed by atoms with van der Waals surface area (Å²) >= 11 is 0. The highest BCUT2D eigenvalue weighted by Gasteiger charge is 2.30. The van der Waals surface area contributed by atoms with Gasteiger partial charge in [-0.2, -0.15) is 0 Å². The summed E-state index contributed by atoms with van der Waals surface area (Å²) in [5.41, 5.74) is 0.0430. The standard InChI is InChI=1S/C14H22N2O5S.ClH/c1-10-11(13(17)20-3)8-12(21-10)22(18,19)16-9-14(2)4-6-15-7-5-14;/h8,15-16H,4-7,9H2,1-3H3;1H. The Bertz CT molecular complexity index is 650. The van der Waals surface area contributed by atoms with E-state index in [0.717, 1.165) is 25.9 Å². The Kier molecular flexibility index (Phi) is 6.64. The van der Waals surface area contributed by atoms with Gasteiger partial charge in [0.25, 0.3) is 10.0 Å². The fourth-order valence-electron chi connectivity index (χ4n) is 2.45. The van der Waals surface area contributed by atoms with Crippen LogP contribution in [0.1, 0.15) is 35.9 Å². The van der Waals surface area contributed by atoms with Gasteiger partial charge in [0.05, 0.1) is 7.11 Å². The molecule has 0 amide bonds. The van der Waals surface area contributed by atoms with Crippen LogP contribution >= 0.6 is 12.4 Å². The van der Waals surface area contributed by atoms with Gasteiger partial charge in [-0.3, -0.25) is 0 Å². The lowest BCUT2D eigenvalue weighted by atomic mass is 9.81. The van der Waals surface area contributed by atoms with E-state index in [2.05, 4.69) is 21.7 Å². The molecule has 132 valence electrons. The number of halogens is 1. The molecule has 1 saturated heterocycles. The fourth-order valence-corrected chi connectivity index (χ4v) is 3.64. The molecule has 1 aliphatic rings. The molecule has 1 aliphatic heterocycles. The number of esters is 1. The molecule has 0 aliphatic carbocycles. The Morgan fingerprint density at radius 2 is 2.04 bits per heavy atom. The number of hydrogen-bond donors (Lipinski definition) is 2. The van der Waals surface area contributed by atoms with E-state index < -0.39 is 16.0 Å². The third kappa shape index (κ3) is 4.69. The summed E-state index contributed by atoms with van der Waals surface area (Å²) in [7, 11) is -2.55. The molecule has 2 heterocycles. The minimum absolute atomic E-state index is 0. The molecule has 0 saturated carbocycles. The zero-order valence-electron chi connectivity index (χ0n) is 13.5. The first kappa shape index (κ1) is 20.0. The topological polar surface area (TPSA) is 97.6 Å². The highest BCUT2D eigenvalue weighted by atomic mass is 35.5. The number of piperidine rings is 1. The van der Waals surface area contributed by atoms with Gasteiger partial charge in [-0.1, -0.05) is 6.92 Å². The molecule has 0 bridgehead atoms. The predicted octanol–water partition coefficient (Wildman–Crippen LogP) is 1.46. The zero-order valence-corrected chi connectivity index (χ0v) is 15.1. The van der Waals surface area contributed by atoms with Crippen LogP contribution in [0, 0.1) is 12.3 Å². The van der Waals surface area contributed by atoms with Crippen molar-refractivity contribution in [3.05, 3.63) is 17.4 Å². The van der Waals surface area contributed by atoms with Crippen molar-refractivity contribution in [2.24, 2.45) is 5.41 Å². The van der Waals surface area contributed by atoms with Crippen molar-refractivity contribution in [2.45, 2.75) is 31.8 Å². The molecule has 1 aromatic heterocycles. The van der Waals surface area contributed by atoms with Crippen molar-refractivity contribution in [1.82, 2.24) is 10.0 Å². The largest absolute Gasteiger partial charge is 0.465 e. The average Bonchev–Trinajstić information content (AvgIpc) is 2.88. The van der Waals surface area contributed by atoms with Crippen LogP contribution in [0.2, 0.25) is 0 Å². The number of carbonyl (C=O) groups is 1. The van der Waals surface area contributed by atoms with E-state index in [-0.39, 0.29) is 34.2 Å². The van der Waals surface area contributed by atoms with Crippen molar-refractivity contribution in [2.75, 3.05) is 26.7 Å². The van der Waals surface area contributed by atoms with Gasteiger partial charge in [-0.25, -0.2) is 17.9 Å². The molecule has 1 fully saturated rings. The SMILES string of the molecule is COC(=O)c1cc(S(=O)(=O)NCC2(C)CCNCC2)oc1C.Cl. The number of aryl methyl sites for hydroxylation is 1. The Morgan fingerprint density at radius 3 is 2.61 bits per heavy atom. The summed E-state index contributed by atoms with van der Waals surface area (Å²) in [4.78, 5) is 11.5. The summed E-state index contributed by atoms with van der Waals surface area (Å²) in [6.07, 6.45) is 1.81. The lowest BCUT2D eigenvalue weighted by Crippen LogP contribution is -2.42. The average molecular weight is 367 g/mol. The zero-order chi connectivity index (χ0) is 16.4. The maximum atomic E-state index is 12.3. The second-order valence-electron chi connectivity index (χ2n) is 5.91. The smallest absolute Gasteiger partial charge is 0.341 e. The van der Waals surface area contributed by atoms with Gasteiger partial charge in [0, 0.05) is 12.6 Å². The van der Waals surface area contributed by atoms with E-state index in [1.165, 1.54) is 20.1 Å². The van der Waals surface area contributed by atoms with Crippen LogP contribution in [0.4, 0.5) is 0 Å². The summed E-state index contributed by atoms with van der Waals surface area (Å²) in [5.74, 6) is -0.395. The maximum Gasteiger partial charge on any atom is 0.341 e. The molecule has 0 aromatic carbocycles. The van der Waals surface area contributed by atoms with E-state index in [1.54, 1.807) is 0 Å². The molecule has 0 atom stereocenters. The summed E-state index contributed by atoms with van der Waals surface area (Å²) in [6.45, 7) is 5.68. The highest BCUT2D eigenvalue weighted by Crippen LogP contribution is 2.28. The number of methoxy groups -OCH3 is 1. The molecular formula is C14H23ClN2O5S. The first-order valence-corrected chi connectivity index (χ1v) is 8.65. The normalized spacial score (nSPS) is 17.3. The molecule has 7 nitrogen and oxygen atoms in total. The molecule has 9 heteroatoms. The molecular weight excluding hydrogens is 344 g/mol. The van der Waals surface area contributed by atoms with Crippen LogP contribution in [0.3, 0.4) is 0 Å². The summed E-state index contributed by atoms with van der Waals surface area (Å²) < 4.78 is 37.0. The molecule has 1 aromatic rings. The van der Waals surface area contributed by atoms with Crippen LogP contribution in [-0.2, 0) is 14.8 Å². The Labute approximate surface area is 142 Å². The first-order valence-electron chi connectivity index (χ1n) is 7.16. The van der Waals surface area contributed by atoms with Crippen LogP contribution < -0.4 is 10.0 Å². The number of sulfonamides is 1. The quantitative estimate of drug-likeness (QED) is 0.766. The monoisotopic (exact) mass is 366 g/mol. The number of carbonyl (C=O) groups excluding carboxylic acids is 1. The summed E-state index contributed by atoms with van der Waals surface area (Å²) in [6, 6.07) is 1.20.